The van der Waals surface area contributed by atoms with E-state index in [-0.39, 0.29) is 0 Å². The zero-order valence-corrected chi connectivity index (χ0v) is 8.44. The maximum absolute atomic E-state index is 3.28. The molecule has 0 unspecified atom stereocenters. The van der Waals surface area contributed by atoms with Gasteiger partial charge in [-0.15, -0.1) is 0 Å². The van der Waals surface area contributed by atoms with Crippen LogP contribution in [0.4, 0.5) is 17.1 Å². The fraction of sp³-hybridized carbons (Fsp3) is 0.250. The van der Waals surface area contributed by atoms with Gasteiger partial charge in [-0.2, -0.15) is 0 Å². The second-order valence-electron chi connectivity index (χ2n) is 2.83. The number of benzene rings is 1. The van der Waals surface area contributed by atoms with E-state index in [0.717, 1.165) is 24.5 Å². The third-order valence-corrected chi connectivity index (χ3v) is 1.89. The smallest absolute Gasteiger partial charge is 0.229 e. The van der Waals surface area contributed by atoms with Gasteiger partial charge in [0.2, 0.25) is 15.4 Å². The Morgan fingerprint density at radius 2 is 1.77 bits per heavy atom. The summed E-state index contributed by atoms with van der Waals surface area (Å²) in [5, 5.41) is 9.52. The van der Waals surface area contributed by atoms with Crippen LogP contribution in [0.3, 0.4) is 0 Å². The van der Waals surface area contributed by atoms with Gasteiger partial charge in [-0.3, -0.25) is 0 Å². The number of hydrogen-bond acceptors (Lipinski definition) is 3. The van der Waals surface area contributed by atoms with Crippen molar-refractivity contribution in [3.05, 3.63) is 18.2 Å². The van der Waals surface area contributed by atoms with E-state index in [9.17, 15) is 0 Å². The third kappa shape index (κ3) is 2.61. The lowest BCUT2D eigenvalue weighted by Crippen LogP contribution is -2.02. The summed E-state index contributed by atoms with van der Waals surface area (Å²) in [6.07, 6.45) is 0. The topological polar surface area (TPSA) is 36.1 Å². The highest BCUT2D eigenvalue weighted by molar-refractivity contribution is 6.38. The van der Waals surface area contributed by atoms with Crippen LogP contribution in [0.5, 0.6) is 0 Å². The van der Waals surface area contributed by atoms with Crippen LogP contribution in [0.1, 0.15) is 0 Å². The Morgan fingerprint density at radius 1 is 1.15 bits per heavy atom. The summed E-state index contributed by atoms with van der Waals surface area (Å²) in [5.41, 5.74) is 3.37. The van der Waals surface area contributed by atoms with E-state index in [1.807, 2.05) is 15.0 Å². The fourth-order valence-electron chi connectivity index (χ4n) is 1.22. The number of nitrogens with one attached hydrogen (secondary N) is 3. The van der Waals surface area contributed by atoms with Gasteiger partial charge in [0, 0.05) is 24.1 Å². The highest BCUT2D eigenvalue weighted by atomic mass is 14.8. The van der Waals surface area contributed by atoms with Crippen molar-refractivity contribution in [1.29, 1.82) is 0 Å². The molecule has 0 atom stereocenters. The van der Waals surface area contributed by atoms with Gasteiger partial charge in [0.1, 0.15) is 0 Å². The maximum Gasteiger partial charge on any atom is 0.229 e. The fourth-order valence-corrected chi connectivity index (χ4v) is 1.22. The molecule has 0 amide bonds. The van der Waals surface area contributed by atoms with E-state index < -0.39 is 0 Å². The zero-order valence-electron chi connectivity index (χ0n) is 8.44. The summed E-state index contributed by atoms with van der Waals surface area (Å²) in [6, 6.07) is 6.25. The zero-order chi connectivity index (χ0) is 9.68. The highest BCUT2D eigenvalue weighted by Gasteiger charge is 1.97. The molecule has 1 rings (SSSR count). The Balaban J connectivity index is 2.93. The molecule has 0 heterocycles. The summed E-state index contributed by atoms with van der Waals surface area (Å²) in [7, 11) is 4.78. The Bertz CT molecular complexity index is 256. The highest BCUT2D eigenvalue weighted by Crippen LogP contribution is 2.21. The number of anilines is 3. The minimum absolute atomic E-state index is 0.941. The van der Waals surface area contributed by atoms with Crippen molar-refractivity contribution in [2.45, 2.75) is 6.82 Å². The van der Waals surface area contributed by atoms with Crippen molar-refractivity contribution in [3.63, 3.8) is 0 Å². The lowest BCUT2D eigenvalue weighted by molar-refractivity contribution is 1.51. The standard InChI is InChI=1S/C8H15B2N3/c1-10-13-8-4-6(11-2)3-7(5-8)12-9/h3-5,10-13H,9H2,1-2H3. The molecule has 0 saturated carbocycles. The second kappa shape index (κ2) is 4.70. The molecule has 1 aromatic carbocycles. The lowest BCUT2D eigenvalue weighted by atomic mass is 9.99. The molecular weight excluding hydrogens is 160 g/mol. The van der Waals surface area contributed by atoms with E-state index in [1.165, 1.54) is 0 Å². The van der Waals surface area contributed by atoms with Crippen LogP contribution < -0.4 is 15.8 Å². The summed E-state index contributed by atoms with van der Waals surface area (Å²) >= 11 is 0. The molecule has 13 heavy (non-hydrogen) atoms. The van der Waals surface area contributed by atoms with Gasteiger partial charge in [-0.25, -0.2) is 0 Å². The molecule has 0 bridgehead atoms. The van der Waals surface area contributed by atoms with Gasteiger partial charge in [-0.05, 0) is 18.2 Å². The average Bonchev–Trinajstić information content (AvgIpc) is 2.17. The first-order valence-corrected chi connectivity index (χ1v) is 4.54. The van der Waals surface area contributed by atoms with Crippen LogP contribution in [-0.4, -0.2) is 22.4 Å². The predicted molar refractivity (Wildman–Crippen MR) is 64.8 cm³/mol. The summed E-state index contributed by atoms with van der Waals surface area (Å²) in [4.78, 5) is 0. The van der Waals surface area contributed by atoms with Crippen LogP contribution in [0, 0.1) is 0 Å². The number of hydrogen-bond donors (Lipinski definition) is 3. The van der Waals surface area contributed by atoms with E-state index in [2.05, 4.69) is 40.8 Å². The molecule has 3 nitrogen and oxygen atoms in total. The van der Waals surface area contributed by atoms with Gasteiger partial charge in [0.15, 0.2) is 0 Å². The summed E-state index contributed by atoms with van der Waals surface area (Å²) < 4.78 is 0. The molecule has 68 valence electrons. The van der Waals surface area contributed by atoms with Crippen LogP contribution in [0.2, 0.25) is 6.82 Å². The second-order valence-corrected chi connectivity index (χ2v) is 2.83. The van der Waals surface area contributed by atoms with E-state index >= 15 is 0 Å². The summed E-state index contributed by atoms with van der Waals surface area (Å²) in [6.45, 7) is 2.09. The van der Waals surface area contributed by atoms with Gasteiger partial charge < -0.3 is 15.8 Å². The molecule has 3 N–H and O–H groups in total. The molecule has 1 aromatic rings. The molecular formula is C8H15B2N3. The van der Waals surface area contributed by atoms with Gasteiger partial charge >= 0.3 is 0 Å². The molecule has 0 aromatic heterocycles. The van der Waals surface area contributed by atoms with Crippen LogP contribution in [0.15, 0.2) is 18.2 Å². The molecule has 0 saturated heterocycles. The van der Waals surface area contributed by atoms with Crippen molar-refractivity contribution < 1.29 is 0 Å². The third-order valence-electron chi connectivity index (χ3n) is 1.89. The van der Waals surface area contributed by atoms with E-state index in [4.69, 9.17) is 0 Å². The molecule has 0 fully saturated rings. The largest absolute Gasteiger partial charge is 0.434 e. The van der Waals surface area contributed by atoms with Crippen molar-refractivity contribution in [3.8, 4) is 0 Å². The monoisotopic (exact) mass is 175 g/mol. The normalized spacial score (nSPS) is 9.08. The molecule has 0 aliphatic rings. The van der Waals surface area contributed by atoms with E-state index in [0.29, 0.717) is 0 Å². The van der Waals surface area contributed by atoms with Gasteiger partial charge in [-0.1, -0.05) is 6.82 Å². The van der Waals surface area contributed by atoms with Gasteiger partial charge in [0.05, 0.1) is 0 Å². The minimum Gasteiger partial charge on any atom is -0.434 e. The Labute approximate surface area is 81.0 Å². The maximum atomic E-state index is 3.28. The predicted octanol–water partition coefficient (Wildman–Crippen LogP) is 0.500. The molecule has 0 aliphatic carbocycles. The number of rotatable bonds is 4. The van der Waals surface area contributed by atoms with Crippen LogP contribution in [0.25, 0.3) is 0 Å². The first kappa shape index (κ1) is 9.83. The Morgan fingerprint density at radius 3 is 2.31 bits per heavy atom. The quantitative estimate of drug-likeness (QED) is 0.583. The molecule has 0 radical (unpaired) electrons. The Kier molecular flexibility index (Phi) is 3.55. The minimum atomic E-state index is 0.941. The summed E-state index contributed by atoms with van der Waals surface area (Å²) in [5.74, 6) is 0. The van der Waals surface area contributed by atoms with E-state index in [1.54, 1.807) is 0 Å². The molecule has 0 aliphatic heterocycles. The lowest BCUT2D eigenvalue weighted by Gasteiger charge is -2.09. The Hall–Kier alpha value is -1.25. The first-order valence-electron chi connectivity index (χ1n) is 4.54. The van der Waals surface area contributed by atoms with Crippen molar-refractivity contribution in [2.24, 2.45) is 0 Å². The van der Waals surface area contributed by atoms with Crippen molar-refractivity contribution in [2.75, 3.05) is 22.8 Å². The average molecular weight is 175 g/mol. The van der Waals surface area contributed by atoms with Crippen LogP contribution in [-0.2, 0) is 0 Å². The molecule has 0 spiro atoms. The molecule has 5 heteroatoms. The van der Waals surface area contributed by atoms with Crippen molar-refractivity contribution in [1.82, 2.24) is 0 Å². The van der Waals surface area contributed by atoms with Gasteiger partial charge in [0.25, 0.3) is 0 Å². The van der Waals surface area contributed by atoms with Crippen LogP contribution >= 0.6 is 0 Å². The first-order chi connectivity index (χ1) is 6.30. The SMILES string of the molecule is BNc1cc(NC)cc(NBC)c1. The van der Waals surface area contributed by atoms with Crippen molar-refractivity contribution >= 4 is 32.5 Å².